The average Bonchev–Trinajstić information content (AvgIpc) is 3.56. The van der Waals surface area contributed by atoms with Crippen molar-refractivity contribution in [3.63, 3.8) is 0 Å². The van der Waals surface area contributed by atoms with Crippen LogP contribution in [0.2, 0.25) is 0 Å². The van der Waals surface area contributed by atoms with Crippen LogP contribution in [-0.2, 0) is 19.2 Å². The van der Waals surface area contributed by atoms with Gasteiger partial charge in [0.2, 0.25) is 17.6 Å². The molecule has 2 aliphatic heterocycles. The third-order valence-electron chi connectivity index (χ3n) is 8.23. The molecule has 240 valence electrons. The van der Waals surface area contributed by atoms with Gasteiger partial charge < -0.3 is 20.9 Å². The summed E-state index contributed by atoms with van der Waals surface area (Å²) in [6.07, 6.45) is 2.90. The number of urea groups is 1. The minimum atomic E-state index is -1.02. The quantitative estimate of drug-likeness (QED) is 0.175. The number of hydrogen-bond donors (Lipinski definition) is 3. The average molecular weight is 612 g/mol. The summed E-state index contributed by atoms with van der Waals surface area (Å²) in [6, 6.07) is 2.50. The highest BCUT2D eigenvalue weighted by molar-refractivity contribution is 6.28. The lowest BCUT2D eigenvalue weighted by Gasteiger charge is -2.36. The molecule has 0 bridgehead atoms. The summed E-state index contributed by atoms with van der Waals surface area (Å²) in [7, 11) is 0. The van der Waals surface area contributed by atoms with Crippen molar-refractivity contribution in [2.75, 3.05) is 13.1 Å². The monoisotopic (exact) mass is 611 g/mol. The molecule has 0 saturated carbocycles. The number of nitrogens with zero attached hydrogens (tertiary/aromatic N) is 2. The van der Waals surface area contributed by atoms with Gasteiger partial charge in [-0.25, -0.2) is 4.79 Å². The molecule has 12 nitrogen and oxygen atoms in total. The number of fused-ring (bicyclic) bond motifs is 1. The Balaban J connectivity index is 1.71. The Kier molecular flexibility index (Phi) is 11.4. The van der Waals surface area contributed by atoms with Gasteiger partial charge in [-0.1, -0.05) is 66.5 Å². The fourth-order valence-electron chi connectivity index (χ4n) is 5.53. The number of carbonyl (C=O) groups is 7. The van der Waals surface area contributed by atoms with Crippen molar-refractivity contribution in [2.45, 2.75) is 97.8 Å². The number of carbonyl (C=O) groups excluding carboxylic acids is 7. The van der Waals surface area contributed by atoms with Crippen molar-refractivity contribution in [3.05, 3.63) is 35.4 Å². The molecule has 2 heterocycles. The van der Waals surface area contributed by atoms with E-state index in [0.29, 0.717) is 43.4 Å². The van der Waals surface area contributed by atoms with E-state index in [-0.39, 0.29) is 18.7 Å². The SMILES string of the molecule is CCCCC(NC(=O)C1CCCN1C(=O)C(NC(=O)NC(CN1C(=O)c2ccccc2C1=O)C(C)C)C(C)(C)C)C(=O)C=O. The Morgan fingerprint density at radius 2 is 1.61 bits per heavy atom. The van der Waals surface area contributed by atoms with Crippen LogP contribution in [0.25, 0.3) is 0 Å². The molecule has 2 aliphatic rings. The minimum absolute atomic E-state index is 0.0430. The summed E-state index contributed by atoms with van der Waals surface area (Å²) < 4.78 is 0. The van der Waals surface area contributed by atoms with Crippen LogP contribution in [0, 0.1) is 11.3 Å². The molecule has 6 amide bonds. The molecule has 12 heteroatoms. The highest BCUT2D eigenvalue weighted by Crippen LogP contribution is 2.27. The van der Waals surface area contributed by atoms with Gasteiger partial charge in [0.05, 0.1) is 23.2 Å². The second-order valence-electron chi connectivity index (χ2n) is 12.9. The fourth-order valence-corrected chi connectivity index (χ4v) is 5.53. The zero-order valence-corrected chi connectivity index (χ0v) is 26.5. The molecule has 1 aromatic rings. The molecule has 44 heavy (non-hydrogen) atoms. The van der Waals surface area contributed by atoms with Gasteiger partial charge in [-0.15, -0.1) is 0 Å². The number of Topliss-reactive ketones (excluding diaryl/α,β-unsaturated/α-hetero) is 1. The largest absolute Gasteiger partial charge is 0.344 e. The Hall–Kier alpha value is -4.09. The summed E-state index contributed by atoms with van der Waals surface area (Å²) >= 11 is 0. The summed E-state index contributed by atoms with van der Waals surface area (Å²) in [6.45, 7) is 11.3. The molecular weight excluding hydrogens is 566 g/mol. The summed E-state index contributed by atoms with van der Waals surface area (Å²) in [4.78, 5) is 92.1. The summed E-state index contributed by atoms with van der Waals surface area (Å²) in [5.41, 5.74) is -0.107. The second kappa shape index (κ2) is 14.6. The molecule has 1 fully saturated rings. The van der Waals surface area contributed by atoms with Gasteiger partial charge in [0, 0.05) is 13.1 Å². The number of ketones is 1. The molecule has 0 aliphatic carbocycles. The third-order valence-corrected chi connectivity index (χ3v) is 8.23. The lowest BCUT2D eigenvalue weighted by molar-refractivity contribution is -0.142. The summed E-state index contributed by atoms with van der Waals surface area (Å²) in [5.74, 6) is -2.67. The van der Waals surface area contributed by atoms with E-state index in [1.807, 2.05) is 20.8 Å². The van der Waals surface area contributed by atoms with Crippen molar-refractivity contribution in [1.82, 2.24) is 25.8 Å². The number of aldehydes is 1. The Bertz CT molecular complexity index is 1250. The number of imide groups is 1. The molecule has 4 atom stereocenters. The third kappa shape index (κ3) is 7.89. The highest BCUT2D eigenvalue weighted by Gasteiger charge is 2.43. The van der Waals surface area contributed by atoms with Crippen LogP contribution in [-0.4, -0.2) is 88.8 Å². The van der Waals surface area contributed by atoms with Crippen LogP contribution in [0.1, 0.15) is 94.4 Å². The highest BCUT2D eigenvalue weighted by atomic mass is 16.2. The van der Waals surface area contributed by atoms with E-state index in [9.17, 15) is 33.6 Å². The van der Waals surface area contributed by atoms with Gasteiger partial charge >= 0.3 is 6.03 Å². The van der Waals surface area contributed by atoms with Gasteiger partial charge in [-0.05, 0) is 42.7 Å². The fraction of sp³-hybridized carbons (Fsp3) is 0.594. The number of rotatable bonds is 13. The summed E-state index contributed by atoms with van der Waals surface area (Å²) in [5, 5.41) is 8.28. The first-order valence-electron chi connectivity index (χ1n) is 15.3. The van der Waals surface area contributed by atoms with Gasteiger partial charge in [-0.3, -0.25) is 33.7 Å². The van der Waals surface area contributed by atoms with Crippen molar-refractivity contribution < 1.29 is 33.6 Å². The van der Waals surface area contributed by atoms with Gasteiger partial charge in [-0.2, -0.15) is 0 Å². The van der Waals surface area contributed by atoms with Gasteiger partial charge in [0.15, 0.2) is 6.29 Å². The van der Waals surface area contributed by atoms with E-state index in [1.165, 1.54) is 4.90 Å². The molecule has 3 rings (SSSR count). The number of benzene rings is 1. The van der Waals surface area contributed by atoms with Crippen LogP contribution in [0.15, 0.2) is 24.3 Å². The zero-order chi connectivity index (χ0) is 32.8. The van der Waals surface area contributed by atoms with Gasteiger partial charge in [0.1, 0.15) is 12.1 Å². The lowest BCUT2D eigenvalue weighted by atomic mass is 9.85. The van der Waals surface area contributed by atoms with Crippen LogP contribution in [0.5, 0.6) is 0 Å². The minimum Gasteiger partial charge on any atom is -0.344 e. The zero-order valence-electron chi connectivity index (χ0n) is 26.5. The first-order chi connectivity index (χ1) is 20.7. The lowest BCUT2D eigenvalue weighted by Crippen LogP contribution is -2.61. The first-order valence-corrected chi connectivity index (χ1v) is 15.3. The van der Waals surface area contributed by atoms with Crippen LogP contribution in [0.3, 0.4) is 0 Å². The molecule has 0 aromatic heterocycles. The number of nitrogens with one attached hydrogen (secondary N) is 3. The van der Waals surface area contributed by atoms with E-state index >= 15 is 0 Å². The maximum absolute atomic E-state index is 13.9. The normalized spacial score (nSPS) is 18.5. The molecule has 1 saturated heterocycles. The van der Waals surface area contributed by atoms with Crippen molar-refractivity contribution in [2.24, 2.45) is 11.3 Å². The Morgan fingerprint density at radius 3 is 2.14 bits per heavy atom. The Morgan fingerprint density at radius 1 is 1.00 bits per heavy atom. The smallest absolute Gasteiger partial charge is 0.315 e. The number of hydrogen-bond acceptors (Lipinski definition) is 7. The predicted octanol–water partition coefficient (Wildman–Crippen LogP) is 2.46. The molecule has 3 N–H and O–H groups in total. The Labute approximate surface area is 258 Å². The van der Waals surface area contributed by atoms with E-state index in [1.54, 1.807) is 45.0 Å². The van der Waals surface area contributed by atoms with E-state index < -0.39 is 65.0 Å². The molecular formula is C32H45N5O7. The van der Waals surface area contributed by atoms with Crippen LogP contribution >= 0.6 is 0 Å². The number of amides is 6. The molecule has 4 unspecified atom stereocenters. The maximum atomic E-state index is 13.9. The topological polar surface area (TPSA) is 162 Å². The van der Waals surface area contributed by atoms with E-state index in [2.05, 4.69) is 16.0 Å². The van der Waals surface area contributed by atoms with E-state index in [0.717, 1.165) is 11.3 Å². The predicted molar refractivity (Wildman–Crippen MR) is 163 cm³/mol. The first kappa shape index (κ1) is 34.4. The van der Waals surface area contributed by atoms with Crippen molar-refractivity contribution in [1.29, 1.82) is 0 Å². The van der Waals surface area contributed by atoms with Crippen molar-refractivity contribution >= 4 is 41.7 Å². The van der Waals surface area contributed by atoms with Gasteiger partial charge in [0.25, 0.3) is 11.8 Å². The molecule has 0 spiro atoms. The number of unbranched alkanes of at least 4 members (excludes halogenated alkanes) is 1. The molecule has 0 radical (unpaired) electrons. The standard InChI is InChI=1S/C32H45N5O7/c1-7-8-14-22(25(39)18-38)33-27(40)24-15-11-16-36(24)30(43)26(32(4,5)6)35-31(44)34-23(19(2)3)17-37-28(41)20-12-9-10-13-21(20)29(37)42/h9-10,12-13,18-19,22-24,26H,7-8,11,14-17H2,1-6H3,(H,33,40)(H2,34,35,44). The van der Waals surface area contributed by atoms with E-state index in [4.69, 9.17) is 0 Å². The maximum Gasteiger partial charge on any atom is 0.315 e. The van der Waals surface area contributed by atoms with Crippen LogP contribution < -0.4 is 16.0 Å². The van der Waals surface area contributed by atoms with Crippen LogP contribution in [0.4, 0.5) is 4.79 Å². The number of likely N-dealkylation sites (tertiary alicyclic amines) is 1. The van der Waals surface area contributed by atoms with Crippen molar-refractivity contribution in [3.8, 4) is 0 Å². The second-order valence-corrected chi connectivity index (χ2v) is 12.9. The molecule has 1 aromatic carbocycles.